The van der Waals surface area contributed by atoms with E-state index in [4.69, 9.17) is 0 Å². The number of nitrogens with one attached hydrogen (secondary N) is 1. The number of aromatic nitrogens is 2. The van der Waals surface area contributed by atoms with Crippen LogP contribution in [0.2, 0.25) is 0 Å². The van der Waals surface area contributed by atoms with Gasteiger partial charge in [-0.25, -0.2) is 13.1 Å². The van der Waals surface area contributed by atoms with Gasteiger partial charge in [0.25, 0.3) is 5.56 Å². The molecule has 0 amide bonds. The predicted octanol–water partition coefficient (Wildman–Crippen LogP) is 2.22. The Morgan fingerprint density at radius 3 is 2.38 bits per heavy atom. The van der Waals surface area contributed by atoms with Gasteiger partial charge in [0.15, 0.2) is 0 Å². The maximum absolute atomic E-state index is 12.9. The summed E-state index contributed by atoms with van der Waals surface area (Å²) < 4.78 is 28.7. The molecule has 0 atom stereocenters. The third kappa shape index (κ3) is 2.79. The number of para-hydroxylation sites is 1. The molecule has 1 N–H and O–H groups in total. The summed E-state index contributed by atoms with van der Waals surface area (Å²) in [6, 6.07) is 16.1. The maximum Gasteiger partial charge on any atom is 0.274 e. The van der Waals surface area contributed by atoms with Gasteiger partial charge in [-0.15, -0.1) is 0 Å². The van der Waals surface area contributed by atoms with Gasteiger partial charge in [-0.1, -0.05) is 35.9 Å². The molecule has 3 aromatic rings. The van der Waals surface area contributed by atoms with Crippen molar-refractivity contribution >= 4 is 10.0 Å². The van der Waals surface area contributed by atoms with Crippen LogP contribution in [0.3, 0.4) is 0 Å². The van der Waals surface area contributed by atoms with Gasteiger partial charge < -0.3 is 0 Å². The first-order chi connectivity index (χ1) is 12.5. The summed E-state index contributed by atoms with van der Waals surface area (Å²) in [5, 5.41) is 3.08. The largest absolute Gasteiger partial charge is 0.293 e. The first-order valence-corrected chi connectivity index (χ1v) is 9.86. The third-order valence-electron chi connectivity index (χ3n) is 4.69. The van der Waals surface area contributed by atoms with Crippen molar-refractivity contribution in [2.45, 2.75) is 24.8 Å². The summed E-state index contributed by atoms with van der Waals surface area (Å²) in [6.07, 6.45) is 0.398. The standard InChI is InChI=1S/C19H19N3O3S/c1-14-7-9-16(10-8-14)26(24,25)21-12-11-17-18(13-21)20-22(19(17)23)15-5-3-2-4-6-15/h2-10,20H,11-13H2,1H3. The van der Waals surface area contributed by atoms with Gasteiger partial charge in [0.05, 0.1) is 22.8 Å². The number of nitrogens with zero attached hydrogens (tertiary/aromatic N) is 2. The van der Waals surface area contributed by atoms with E-state index in [1.54, 1.807) is 24.3 Å². The zero-order valence-corrected chi connectivity index (χ0v) is 15.2. The summed E-state index contributed by atoms with van der Waals surface area (Å²) in [6.45, 7) is 2.38. The number of aryl methyl sites for hydroxylation is 1. The summed E-state index contributed by atoms with van der Waals surface area (Å²) in [5.41, 5.74) is 2.94. The molecular formula is C19H19N3O3S. The smallest absolute Gasteiger partial charge is 0.274 e. The lowest BCUT2D eigenvalue weighted by molar-refractivity contribution is 0.386. The predicted molar refractivity (Wildman–Crippen MR) is 98.9 cm³/mol. The highest BCUT2D eigenvalue weighted by atomic mass is 32.2. The molecule has 1 aliphatic heterocycles. The fourth-order valence-electron chi connectivity index (χ4n) is 3.22. The number of rotatable bonds is 3. The van der Waals surface area contributed by atoms with Gasteiger partial charge in [0.2, 0.25) is 10.0 Å². The lowest BCUT2D eigenvalue weighted by Gasteiger charge is -2.25. The highest BCUT2D eigenvalue weighted by molar-refractivity contribution is 7.89. The summed E-state index contributed by atoms with van der Waals surface area (Å²) in [5.74, 6) is 0. The molecule has 134 valence electrons. The van der Waals surface area contributed by atoms with E-state index in [1.807, 2.05) is 37.3 Å². The Bertz CT molecular complexity index is 1100. The molecule has 2 aromatic carbocycles. The molecule has 0 unspecified atom stereocenters. The highest BCUT2D eigenvalue weighted by Crippen LogP contribution is 2.23. The van der Waals surface area contributed by atoms with Gasteiger partial charge in [0, 0.05) is 12.1 Å². The van der Waals surface area contributed by atoms with Crippen molar-refractivity contribution in [1.82, 2.24) is 14.1 Å². The van der Waals surface area contributed by atoms with Gasteiger partial charge in [-0.05, 0) is 37.6 Å². The number of sulfonamides is 1. The molecule has 0 spiro atoms. The Labute approximate surface area is 151 Å². The van der Waals surface area contributed by atoms with Crippen LogP contribution in [0.15, 0.2) is 64.3 Å². The average molecular weight is 369 g/mol. The van der Waals surface area contributed by atoms with Crippen molar-refractivity contribution in [3.05, 3.63) is 81.8 Å². The second-order valence-corrected chi connectivity index (χ2v) is 8.38. The van der Waals surface area contributed by atoms with E-state index >= 15 is 0 Å². The molecule has 0 radical (unpaired) electrons. The van der Waals surface area contributed by atoms with Gasteiger partial charge in [-0.2, -0.15) is 4.31 Å². The minimum absolute atomic E-state index is 0.112. The van der Waals surface area contributed by atoms with Gasteiger partial charge >= 0.3 is 0 Å². The molecule has 0 saturated carbocycles. The topological polar surface area (TPSA) is 75.2 Å². The summed E-state index contributed by atoms with van der Waals surface area (Å²) in [7, 11) is -3.59. The van der Waals surface area contributed by atoms with E-state index in [1.165, 1.54) is 8.99 Å². The molecular weight excluding hydrogens is 350 g/mol. The number of H-pyrrole nitrogens is 1. The zero-order chi connectivity index (χ0) is 18.3. The quantitative estimate of drug-likeness (QED) is 0.769. The van der Waals surface area contributed by atoms with Crippen LogP contribution in [-0.2, 0) is 23.0 Å². The van der Waals surface area contributed by atoms with Crippen molar-refractivity contribution in [1.29, 1.82) is 0 Å². The average Bonchev–Trinajstić information content (AvgIpc) is 2.99. The number of hydrogen-bond acceptors (Lipinski definition) is 3. The van der Waals surface area contributed by atoms with E-state index < -0.39 is 10.0 Å². The third-order valence-corrected chi connectivity index (χ3v) is 6.55. The first kappa shape index (κ1) is 16.8. The number of aromatic amines is 1. The molecule has 0 aliphatic carbocycles. The Morgan fingerprint density at radius 1 is 1.00 bits per heavy atom. The summed E-state index contributed by atoms with van der Waals surface area (Å²) >= 11 is 0. The van der Waals surface area contributed by atoms with Crippen molar-refractivity contribution < 1.29 is 8.42 Å². The molecule has 0 saturated heterocycles. The SMILES string of the molecule is Cc1ccc(S(=O)(=O)N2CCc3c([nH]n(-c4ccccc4)c3=O)C2)cc1. The van der Waals surface area contributed by atoms with Crippen LogP contribution >= 0.6 is 0 Å². The van der Waals surface area contributed by atoms with E-state index in [9.17, 15) is 13.2 Å². The van der Waals surface area contributed by atoms with E-state index in [0.717, 1.165) is 11.3 Å². The van der Waals surface area contributed by atoms with Crippen LogP contribution in [0.25, 0.3) is 5.69 Å². The molecule has 7 heteroatoms. The molecule has 26 heavy (non-hydrogen) atoms. The monoisotopic (exact) mass is 369 g/mol. The van der Waals surface area contributed by atoms with Gasteiger partial charge in [0.1, 0.15) is 0 Å². The van der Waals surface area contributed by atoms with Crippen LogP contribution in [0.4, 0.5) is 0 Å². The lowest BCUT2D eigenvalue weighted by atomic mass is 10.1. The first-order valence-electron chi connectivity index (χ1n) is 8.42. The normalized spacial score (nSPS) is 15.0. The highest BCUT2D eigenvalue weighted by Gasteiger charge is 2.31. The Kier molecular flexibility index (Phi) is 4.05. The molecule has 6 nitrogen and oxygen atoms in total. The van der Waals surface area contributed by atoms with Crippen LogP contribution in [0.1, 0.15) is 16.8 Å². The minimum atomic E-state index is -3.59. The fraction of sp³-hybridized carbons (Fsp3) is 0.211. The second-order valence-electron chi connectivity index (χ2n) is 6.45. The minimum Gasteiger partial charge on any atom is -0.293 e. The Hall–Kier alpha value is -2.64. The van der Waals surface area contributed by atoms with Crippen molar-refractivity contribution in [2.75, 3.05) is 6.54 Å². The number of fused-ring (bicyclic) bond motifs is 1. The number of benzene rings is 2. The van der Waals surface area contributed by atoms with Gasteiger partial charge in [-0.3, -0.25) is 9.89 Å². The molecule has 0 bridgehead atoms. The number of hydrogen-bond donors (Lipinski definition) is 1. The molecule has 2 heterocycles. The van der Waals surface area contributed by atoms with Crippen LogP contribution in [0, 0.1) is 6.92 Å². The van der Waals surface area contributed by atoms with Crippen LogP contribution in [0.5, 0.6) is 0 Å². The summed E-state index contributed by atoms with van der Waals surface area (Å²) in [4.78, 5) is 12.9. The molecule has 1 aliphatic rings. The van der Waals surface area contributed by atoms with Crippen LogP contribution in [-0.4, -0.2) is 29.0 Å². The second kappa shape index (κ2) is 6.26. The molecule has 1 aromatic heterocycles. The maximum atomic E-state index is 12.9. The fourth-order valence-corrected chi connectivity index (χ4v) is 4.63. The van der Waals surface area contributed by atoms with E-state index in [-0.39, 0.29) is 17.0 Å². The van der Waals surface area contributed by atoms with Crippen molar-refractivity contribution in [2.24, 2.45) is 0 Å². The Morgan fingerprint density at radius 2 is 1.69 bits per heavy atom. The van der Waals surface area contributed by atoms with E-state index in [2.05, 4.69) is 5.10 Å². The zero-order valence-electron chi connectivity index (χ0n) is 14.3. The lowest BCUT2D eigenvalue weighted by Crippen LogP contribution is -2.37. The van der Waals surface area contributed by atoms with Crippen molar-refractivity contribution in [3.8, 4) is 5.69 Å². The van der Waals surface area contributed by atoms with E-state index in [0.29, 0.717) is 24.2 Å². The molecule has 4 rings (SSSR count). The van der Waals surface area contributed by atoms with Crippen molar-refractivity contribution in [3.63, 3.8) is 0 Å². The molecule has 0 fully saturated rings. The van der Waals surface area contributed by atoms with Crippen LogP contribution < -0.4 is 5.56 Å². The Balaban J connectivity index is 1.68.